The monoisotopic (exact) mass is 430 g/mol. The second-order valence-corrected chi connectivity index (χ2v) is 8.34. The summed E-state index contributed by atoms with van der Waals surface area (Å²) in [7, 11) is 0. The quantitative estimate of drug-likeness (QED) is 0.155. The first-order valence-corrected chi connectivity index (χ1v) is 9.73. The zero-order chi connectivity index (χ0) is 24.1. The van der Waals surface area contributed by atoms with Crippen LogP contribution in [0.5, 0.6) is 0 Å². The molecule has 0 fully saturated rings. The summed E-state index contributed by atoms with van der Waals surface area (Å²) in [6, 6.07) is -1.58. The van der Waals surface area contributed by atoms with Crippen molar-refractivity contribution < 1.29 is 24.3 Å². The maximum Gasteiger partial charge on any atom is 0.300 e. The van der Waals surface area contributed by atoms with Crippen LogP contribution in [0.2, 0.25) is 0 Å². The van der Waals surface area contributed by atoms with Crippen molar-refractivity contribution in [1.29, 1.82) is 0 Å². The third-order valence-electron chi connectivity index (χ3n) is 3.62. The number of rotatable bonds is 10. The molecule has 0 aliphatic heterocycles. The average molecular weight is 431 g/mol. The smallest absolute Gasteiger partial charge is 0.300 e. The Morgan fingerprint density at radius 1 is 1.00 bits per heavy atom. The van der Waals surface area contributed by atoms with E-state index in [0.29, 0.717) is 25.8 Å². The number of carbonyl (C=O) groups is 4. The fourth-order valence-electron chi connectivity index (χ4n) is 2.14. The molecule has 0 saturated carbocycles. The third kappa shape index (κ3) is 16.1. The Labute approximate surface area is 178 Å². The minimum Gasteiger partial charge on any atom is -0.481 e. The lowest BCUT2D eigenvalue weighted by Gasteiger charge is -2.26. The SMILES string of the molecule is CC(=O)O.CC(C)CC(NC(=O)C(CCCN=C(N)N)NC(=O)C(C)(C)C)C(N)=O. The molecule has 0 aliphatic carbocycles. The summed E-state index contributed by atoms with van der Waals surface area (Å²) in [5.74, 6) is -2.00. The van der Waals surface area contributed by atoms with Gasteiger partial charge in [0.15, 0.2) is 5.96 Å². The number of carboxylic acids is 1. The molecule has 0 rings (SSSR count). The van der Waals surface area contributed by atoms with E-state index >= 15 is 0 Å². The molecule has 0 saturated heterocycles. The van der Waals surface area contributed by atoms with Gasteiger partial charge in [0.1, 0.15) is 12.1 Å². The van der Waals surface area contributed by atoms with Gasteiger partial charge in [0, 0.05) is 18.9 Å². The van der Waals surface area contributed by atoms with E-state index in [-0.39, 0.29) is 17.8 Å². The van der Waals surface area contributed by atoms with Gasteiger partial charge in [0.25, 0.3) is 5.97 Å². The molecule has 9 N–H and O–H groups in total. The van der Waals surface area contributed by atoms with E-state index in [1.807, 2.05) is 13.8 Å². The number of carboxylic acid groups (broad SMARTS) is 1. The first-order chi connectivity index (χ1) is 13.6. The molecule has 0 radical (unpaired) electrons. The van der Waals surface area contributed by atoms with E-state index in [0.717, 1.165) is 6.92 Å². The van der Waals surface area contributed by atoms with Crippen molar-refractivity contribution in [2.24, 2.45) is 33.5 Å². The van der Waals surface area contributed by atoms with Crippen LogP contribution in [0.15, 0.2) is 4.99 Å². The van der Waals surface area contributed by atoms with Gasteiger partial charge in [-0.3, -0.25) is 24.2 Å². The predicted molar refractivity (Wildman–Crippen MR) is 115 cm³/mol. The van der Waals surface area contributed by atoms with Crippen molar-refractivity contribution in [1.82, 2.24) is 10.6 Å². The summed E-state index contributed by atoms with van der Waals surface area (Å²) in [6.07, 6.45) is 1.25. The highest BCUT2D eigenvalue weighted by atomic mass is 16.4. The van der Waals surface area contributed by atoms with Gasteiger partial charge in [0.05, 0.1) is 0 Å². The van der Waals surface area contributed by atoms with E-state index in [2.05, 4.69) is 15.6 Å². The van der Waals surface area contributed by atoms with Crippen LogP contribution in [0.4, 0.5) is 0 Å². The number of nitrogens with one attached hydrogen (secondary N) is 2. The second-order valence-electron chi connectivity index (χ2n) is 8.34. The van der Waals surface area contributed by atoms with Gasteiger partial charge in [0.2, 0.25) is 17.7 Å². The van der Waals surface area contributed by atoms with Crippen LogP contribution < -0.4 is 27.8 Å². The maximum absolute atomic E-state index is 12.6. The van der Waals surface area contributed by atoms with Crippen LogP contribution in [0.3, 0.4) is 0 Å². The summed E-state index contributed by atoms with van der Waals surface area (Å²) in [5, 5.41) is 12.8. The number of aliphatic carboxylic acids is 1. The predicted octanol–water partition coefficient (Wildman–Crippen LogP) is -0.322. The number of aliphatic imine (C=N–C) groups is 1. The van der Waals surface area contributed by atoms with Crippen LogP contribution in [0, 0.1) is 11.3 Å². The van der Waals surface area contributed by atoms with Crippen LogP contribution in [-0.2, 0) is 19.2 Å². The molecule has 0 aromatic carbocycles. The molecule has 3 amide bonds. The largest absolute Gasteiger partial charge is 0.481 e. The Balaban J connectivity index is 0. The Bertz CT molecular complexity index is 605. The fraction of sp³-hybridized carbons (Fsp3) is 0.737. The van der Waals surface area contributed by atoms with E-state index in [9.17, 15) is 14.4 Å². The first kappa shape index (κ1) is 29.4. The standard InChI is InChI=1S/C17H34N6O3.C2H4O2/c1-10(2)9-12(13(18)24)22-14(25)11(7-6-8-21-16(19)20)23-15(26)17(3,4)5;1-2(3)4/h10-12H,6-9H2,1-5H3,(H2,18,24)(H,22,25)(H,23,26)(H4,19,20,21);1H3,(H,3,4). The average Bonchev–Trinajstić information content (AvgIpc) is 2.54. The molecule has 174 valence electrons. The maximum atomic E-state index is 12.6. The molecular weight excluding hydrogens is 392 g/mol. The lowest BCUT2D eigenvalue weighted by Crippen LogP contribution is -2.54. The lowest BCUT2D eigenvalue weighted by molar-refractivity contribution is -0.135. The highest BCUT2D eigenvalue weighted by Crippen LogP contribution is 2.14. The van der Waals surface area contributed by atoms with Crippen molar-refractivity contribution in [2.75, 3.05) is 6.54 Å². The Morgan fingerprint density at radius 2 is 1.50 bits per heavy atom. The number of hydrogen-bond donors (Lipinski definition) is 6. The van der Waals surface area contributed by atoms with Gasteiger partial charge in [-0.1, -0.05) is 34.6 Å². The van der Waals surface area contributed by atoms with Crippen LogP contribution in [-0.4, -0.2) is 53.4 Å². The Kier molecular flexibility index (Phi) is 13.9. The topological polar surface area (TPSA) is 203 Å². The number of nitrogens with two attached hydrogens (primary N) is 3. The van der Waals surface area contributed by atoms with E-state index in [1.165, 1.54) is 0 Å². The number of hydrogen-bond acceptors (Lipinski definition) is 5. The zero-order valence-electron chi connectivity index (χ0n) is 18.8. The molecule has 2 unspecified atom stereocenters. The molecule has 11 heteroatoms. The molecule has 30 heavy (non-hydrogen) atoms. The lowest BCUT2D eigenvalue weighted by atomic mass is 9.94. The minimum atomic E-state index is -0.833. The van der Waals surface area contributed by atoms with Crippen LogP contribution >= 0.6 is 0 Å². The van der Waals surface area contributed by atoms with E-state index in [4.69, 9.17) is 27.1 Å². The first-order valence-electron chi connectivity index (χ1n) is 9.73. The minimum absolute atomic E-state index is 0.0320. The normalized spacial score (nSPS) is 12.6. The molecule has 2 atom stereocenters. The number of primary amides is 1. The summed E-state index contributed by atoms with van der Waals surface area (Å²) in [5.41, 5.74) is 15.3. The Morgan fingerprint density at radius 3 is 1.87 bits per heavy atom. The molecule has 0 aromatic rings. The molecule has 0 aliphatic rings. The number of carbonyl (C=O) groups excluding carboxylic acids is 3. The second kappa shape index (κ2) is 14.2. The van der Waals surface area contributed by atoms with Crippen molar-refractivity contribution >= 4 is 29.7 Å². The highest BCUT2D eigenvalue weighted by Gasteiger charge is 2.29. The molecular formula is C19H38N6O5. The Hall–Kier alpha value is -2.85. The third-order valence-corrected chi connectivity index (χ3v) is 3.62. The fourth-order valence-corrected chi connectivity index (χ4v) is 2.14. The van der Waals surface area contributed by atoms with Crippen LogP contribution in [0.1, 0.15) is 60.8 Å². The van der Waals surface area contributed by atoms with Gasteiger partial charge >= 0.3 is 0 Å². The molecule has 0 heterocycles. The molecule has 0 aromatic heterocycles. The summed E-state index contributed by atoms with van der Waals surface area (Å²) in [4.78, 5) is 49.3. The van der Waals surface area contributed by atoms with Gasteiger partial charge in [-0.2, -0.15) is 0 Å². The van der Waals surface area contributed by atoms with Gasteiger partial charge < -0.3 is 32.9 Å². The number of guanidine groups is 1. The zero-order valence-corrected chi connectivity index (χ0v) is 18.8. The molecule has 0 bridgehead atoms. The summed E-state index contributed by atoms with van der Waals surface area (Å²) < 4.78 is 0. The summed E-state index contributed by atoms with van der Waals surface area (Å²) >= 11 is 0. The van der Waals surface area contributed by atoms with E-state index < -0.39 is 35.3 Å². The van der Waals surface area contributed by atoms with Crippen molar-refractivity contribution in [3.8, 4) is 0 Å². The summed E-state index contributed by atoms with van der Waals surface area (Å²) in [6.45, 7) is 10.5. The van der Waals surface area contributed by atoms with E-state index in [1.54, 1.807) is 20.8 Å². The van der Waals surface area contributed by atoms with Crippen LogP contribution in [0.25, 0.3) is 0 Å². The van der Waals surface area contributed by atoms with Crippen molar-refractivity contribution in [3.05, 3.63) is 0 Å². The molecule has 0 spiro atoms. The van der Waals surface area contributed by atoms with Crippen molar-refractivity contribution in [3.63, 3.8) is 0 Å². The van der Waals surface area contributed by atoms with Gasteiger partial charge in [-0.05, 0) is 25.2 Å². The van der Waals surface area contributed by atoms with Gasteiger partial charge in [-0.15, -0.1) is 0 Å². The van der Waals surface area contributed by atoms with Crippen molar-refractivity contribution in [2.45, 2.75) is 72.9 Å². The molecule has 11 nitrogen and oxygen atoms in total. The number of amides is 3. The highest BCUT2D eigenvalue weighted by molar-refractivity contribution is 5.92. The van der Waals surface area contributed by atoms with Gasteiger partial charge in [-0.25, -0.2) is 0 Å². The number of nitrogens with zero attached hydrogens (tertiary/aromatic N) is 1.